The molecule has 0 saturated heterocycles. The topological polar surface area (TPSA) is 0 Å². The van der Waals surface area contributed by atoms with Crippen molar-refractivity contribution in [2.75, 3.05) is 0 Å². The van der Waals surface area contributed by atoms with Crippen molar-refractivity contribution in [2.24, 2.45) is 0 Å². The van der Waals surface area contributed by atoms with Gasteiger partial charge in [0.15, 0.2) is 0 Å². The van der Waals surface area contributed by atoms with Crippen LogP contribution >= 0.6 is 0 Å². The number of benzene rings is 5. The van der Waals surface area contributed by atoms with Crippen LogP contribution in [0.4, 0.5) is 0 Å². The summed E-state index contributed by atoms with van der Waals surface area (Å²) in [6.45, 7) is 0. The molecule has 0 spiro atoms. The average Bonchev–Trinajstić information content (AvgIpc) is 3.12. The minimum atomic E-state index is 1.02. The van der Waals surface area contributed by atoms with Crippen LogP contribution in [0.1, 0.15) is 11.1 Å². The number of hydrogen-bond donors (Lipinski definition) is 0. The van der Waals surface area contributed by atoms with Gasteiger partial charge in [0.2, 0.25) is 0 Å². The number of hydrogen-bond acceptors (Lipinski definition) is 0. The predicted molar refractivity (Wildman–Crippen MR) is 115 cm³/mol. The van der Waals surface area contributed by atoms with E-state index in [4.69, 9.17) is 0 Å². The second kappa shape index (κ2) is 5.56. The Kier molecular flexibility index (Phi) is 3.04. The van der Waals surface area contributed by atoms with Crippen LogP contribution < -0.4 is 0 Å². The molecule has 0 atom stereocenters. The van der Waals surface area contributed by atoms with Crippen LogP contribution in [0, 0.1) is 0 Å². The predicted octanol–water partition coefficient (Wildman–Crippen LogP) is 7.23. The molecule has 27 heavy (non-hydrogen) atoms. The molecule has 1 aliphatic rings. The van der Waals surface area contributed by atoms with Crippen LogP contribution in [0.25, 0.3) is 43.8 Å². The zero-order valence-electron chi connectivity index (χ0n) is 14.9. The average molecular weight is 342 g/mol. The van der Waals surface area contributed by atoms with Crippen LogP contribution in [0.2, 0.25) is 0 Å². The fourth-order valence-corrected chi connectivity index (χ4v) is 4.68. The Bertz CT molecular complexity index is 1330. The molecule has 0 aliphatic heterocycles. The molecule has 1 aliphatic carbocycles. The van der Waals surface area contributed by atoms with Gasteiger partial charge < -0.3 is 0 Å². The van der Waals surface area contributed by atoms with E-state index in [2.05, 4.69) is 97.1 Å². The van der Waals surface area contributed by atoms with Gasteiger partial charge in [-0.3, -0.25) is 0 Å². The summed E-state index contributed by atoms with van der Waals surface area (Å²) in [4.78, 5) is 0. The van der Waals surface area contributed by atoms with E-state index in [1.54, 1.807) is 0 Å². The quantitative estimate of drug-likeness (QED) is 0.276. The minimum Gasteiger partial charge on any atom is -0.0622 e. The third kappa shape index (κ3) is 2.10. The van der Waals surface area contributed by atoms with E-state index < -0.39 is 0 Å². The van der Waals surface area contributed by atoms with Crippen molar-refractivity contribution >= 4 is 21.5 Å². The smallest absolute Gasteiger partial charge is 0.000706 e. The molecule has 0 amide bonds. The molecule has 0 nitrogen and oxygen atoms in total. The molecule has 0 bridgehead atoms. The fraction of sp³-hybridized carbons (Fsp3) is 0.0370. The molecule has 6 rings (SSSR count). The zero-order valence-corrected chi connectivity index (χ0v) is 14.9. The Hall–Kier alpha value is -3.38. The van der Waals surface area contributed by atoms with Gasteiger partial charge in [0.05, 0.1) is 0 Å². The molecule has 0 saturated carbocycles. The Morgan fingerprint density at radius 1 is 0.519 bits per heavy atom. The molecule has 0 unspecified atom stereocenters. The third-order valence-electron chi connectivity index (χ3n) is 5.89. The summed E-state index contributed by atoms with van der Waals surface area (Å²) in [6, 6.07) is 35.4. The molecular formula is C27H18. The molecule has 0 fully saturated rings. The zero-order chi connectivity index (χ0) is 17.8. The van der Waals surface area contributed by atoms with E-state index in [1.807, 2.05) is 0 Å². The molecule has 5 aromatic carbocycles. The molecule has 0 aromatic heterocycles. The molecular weight excluding hydrogens is 324 g/mol. The molecule has 0 heterocycles. The van der Waals surface area contributed by atoms with Gasteiger partial charge in [-0.15, -0.1) is 0 Å². The normalized spacial score (nSPS) is 12.3. The molecule has 0 radical (unpaired) electrons. The van der Waals surface area contributed by atoms with Gasteiger partial charge in [0.1, 0.15) is 0 Å². The first-order valence-electron chi connectivity index (χ1n) is 9.51. The van der Waals surface area contributed by atoms with Gasteiger partial charge in [-0.25, -0.2) is 0 Å². The van der Waals surface area contributed by atoms with E-state index in [9.17, 15) is 0 Å². The lowest BCUT2D eigenvalue weighted by Crippen LogP contribution is -1.90. The van der Waals surface area contributed by atoms with Crippen molar-refractivity contribution in [1.29, 1.82) is 0 Å². The standard InChI is InChI=1S/C27H18/c1-2-8-18(9-3-1)25-16-20-11-5-7-13-22(20)27-24(25)15-14-23-21-12-6-4-10-19(21)17-26(23)27/h1-16H,17H2. The maximum Gasteiger partial charge on any atom is -0.000706 e. The van der Waals surface area contributed by atoms with Crippen LogP contribution in [0.3, 0.4) is 0 Å². The van der Waals surface area contributed by atoms with E-state index in [0.717, 1.165) is 6.42 Å². The SMILES string of the molecule is c1ccc(-c2cc3ccccc3c3c4c(ccc23)-c2ccccc2C4)cc1. The summed E-state index contributed by atoms with van der Waals surface area (Å²) in [5.74, 6) is 0. The highest BCUT2D eigenvalue weighted by molar-refractivity contribution is 6.17. The van der Waals surface area contributed by atoms with Gasteiger partial charge in [0, 0.05) is 0 Å². The Labute approximate surface area is 158 Å². The minimum absolute atomic E-state index is 1.02. The summed E-state index contributed by atoms with van der Waals surface area (Å²) in [6.07, 6.45) is 1.02. The van der Waals surface area contributed by atoms with Crippen LogP contribution in [-0.2, 0) is 6.42 Å². The highest BCUT2D eigenvalue weighted by Crippen LogP contribution is 2.45. The van der Waals surface area contributed by atoms with E-state index in [1.165, 1.54) is 54.9 Å². The van der Waals surface area contributed by atoms with Gasteiger partial charge in [-0.2, -0.15) is 0 Å². The number of rotatable bonds is 1. The van der Waals surface area contributed by atoms with Crippen LogP contribution in [0.5, 0.6) is 0 Å². The van der Waals surface area contributed by atoms with Crippen molar-refractivity contribution in [2.45, 2.75) is 6.42 Å². The summed E-state index contributed by atoms with van der Waals surface area (Å²) in [5.41, 5.74) is 8.31. The lowest BCUT2D eigenvalue weighted by Gasteiger charge is -2.14. The molecule has 5 aromatic rings. The summed E-state index contributed by atoms with van der Waals surface area (Å²) in [7, 11) is 0. The highest BCUT2D eigenvalue weighted by Gasteiger charge is 2.22. The monoisotopic (exact) mass is 342 g/mol. The Morgan fingerprint density at radius 3 is 2.22 bits per heavy atom. The van der Waals surface area contributed by atoms with E-state index >= 15 is 0 Å². The van der Waals surface area contributed by atoms with Crippen LogP contribution in [0.15, 0.2) is 97.1 Å². The molecule has 126 valence electrons. The second-order valence-electron chi connectivity index (χ2n) is 7.36. The van der Waals surface area contributed by atoms with Gasteiger partial charge >= 0.3 is 0 Å². The Morgan fingerprint density at radius 2 is 1.30 bits per heavy atom. The van der Waals surface area contributed by atoms with Crippen LogP contribution in [-0.4, -0.2) is 0 Å². The highest BCUT2D eigenvalue weighted by atomic mass is 14.3. The first-order chi connectivity index (χ1) is 13.4. The van der Waals surface area contributed by atoms with E-state index in [0.29, 0.717) is 0 Å². The van der Waals surface area contributed by atoms with Gasteiger partial charge in [-0.05, 0) is 67.4 Å². The van der Waals surface area contributed by atoms with E-state index in [-0.39, 0.29) is 0 Å². The lowest BCUT2D eigenvalue weighted by molar-refractivity contribution is 1.29. The van der Waals surface area contributed by atoms with Gasteiger partial charge in [0.25, 0.3) is 0 Å². The largest absolute Gasteiger partial charge is 0.0622 e. The summed E-state index contributed by atoms with van der Waals surface area (Å²) < 4.78 is 0. The molecule has 0 N–H and O–H groups in total. The van der Waals surface area contributed by atoms with Crippen molar-refractivity contribution in [1.82, 2.24) is 0 Å². The Balaban J connectivity index is 1.78. The third-order valence-corrected chi connectivity index (χ3v) is 5.89. The van der Waals surface area contributed by atoms with Crippen molar-refractivity contribution in [3.05, 3.63) is 108 Å². The summed E-state index contributed by atoms with van der Waals surface area (Å²) >= 11 is 0. The maximum absolute atomic E-state index is 2.35. The maximum atomic E-state index is 2.35. The summed E-state index contributed by atoms with van der Waals surface area (Å²) in [5, 5.41) is 5.44. The first kappa shape index (κ1) is 14.8. The molecule has 0 heteroatoms. The first-order valence-corrected chi connectivity index (χ1v) is 9.51. The van der Waals surface area contributed by atoms with Crippen molar-refractivity contribution < 1.29 is 0 Å². The van der Waals surface area contributed by atoms with Gasteiger partial charge in [-0.1, -0.05) is 91.0 Å². The second-order valence-corrected chi connectivity index (χ2v) is 7.36. The van der Waals surface area contributed by atoms with Crippen molar-refractivity contribution in [3.63, 3.8) is 0 Å². The number of fused-ring (bicyclic) bond motifs is 7. The lowest BCUT2D eigenvalue weighted by atomic mass is 9.89. The van der Waals surface area contributed by atoms with Crippen molar-refractivity contribution in [3.8, 4) is 22.3 Å². The fourth-order valence-electron chi connectivity index (χ4n) is 4.68.